The molecule has 1 fully saturated rings. The van der Waals surface area contributed by atoms with Crippen LogP contribution in [0.15, 0.2) is 18.2 Å². The molecule has 1 heterocycles. The Hall–Kier alpha value is -0.440. The second kappa shape index (κ2) is 3.97. The summed E-state index contributed by atoms with van der Waals surface area (Å²) in [4.78, 5) is 0. The van der Waals surface area contributed by atoms with Crippen LogP contribution in [0.5, 0.6) is 0 Å². The van der Waals surface area contributed by atoms with Gasteiger partial charge in [-0.3, -0.25) is 0 Å². The van der Waals surface area contributed by atoms with E-state index in [1.54, 1.807) is 0 Å². The van der Waals surface area contributed by atoms with Gasteiger partial charge < -0.3 is 5.01 Å². The number of hydrogen-bond acceptors (Lipinski definition) is 2. The number of hydrogen-bond donors (Lipinski definition) is 0. The summed E-state index contributed by atoms with van der Waals surface area (Å²) in [6.45, 7) is 2.15. The molecule has 0 spiro atoms. The van der Waals surface area contributed by atoms with Crippen molar-refractivity contribution in [2.75, 3.05) is 25.1 Å². The van der Waals surface area contributed by atoms with Gasteiger partial charge in [0.05, 0.1) is 15.7 Å². The lowest BCUT2D eigenvalue weighted by Crippen LogP contribution is -2.32. The van der Waals surface area contributed by atoms with Crippen molar-refractivity contribution in [3.8, 4) is 0 Å². The highest BCUT2D eigenvalue weighted by Crippen LogP contribution is 2.29. The Morgan fingerprint density at radius 2 is 1.93 bits per heavy atom. The predicted octanol–water partition coefficient (Wildman–Crippen LogP) is 3.05. The standard InChI is InChI=1S/C10H12Cl2N2/c1-13-5-2-6-14(13)8-3-4-9(11)10(12)7-8/h3-4,7H,2,5-6H2,1H3. The maximum atomic E-state index is 5.96. The Morgan fingerprint density at radius 3 is 2.50 bits per heavy atom. The number of nitrogens with zero attached hydrogens (tertiary/aromatic N) is 2. The smallest absolute Gasteiger partial charge is 0.0613 e. The molecule has 0 aromatic heterocycles. The Balaban J connectivity index is 2.28. The van der Waals surface area contributed by atoms with Crippen molar-refractivity contribution in [2.45, 2.75) is 6.42 Å². The van der Waals surface area contributed by atoms with E-state index in [0.29, 0.717) is 10.0 Å². The fraction of sp³-hybridized carbons (Fsp3) is 0.400. The van der Waals surface area contributed by atoms with Crippen molar-refractivity contribution < 1.29 is 0 Å². The summed E-state index contributed by atoms with van der Waals surface area (Å²) in [5, 5.41) is 5.63. The van der Waals surface area contributed by atoms with Crippen LogP contribution in [0.1, 0.15) is 6.42 Å². The van der Waals surface area contributed by atoms with Crippen LogP contribution in [0.2, 0.25) is 10.0 Å². The zero-order valence-corrected chi connectivity index (χ0v) is 9.52. The zero-order valence-electron chi connectivity index (χ0n) is 8.00. The maximum Gasteiger partial charge on any atom is 0.0613 e. The average molecular weight is 231 g/mol. The summed E-state index contributed by atoms with van der Waals surface area (Å²) >= 11 is 11.8. The summed E-state index contributed by atoms with van der Waals surface area (Å²) < 4.78 is 0. The van der Waals surface area contributed by atoms with Gasteiger partial charge in [0, 0.05) is 20.1 Å². The Morgan fingerprint density at radius 1 is 1.14 bits per heavy atom. The number of rotatable bonds is 1. The maximum absolute atomic E-state index is 5.96. The number of halogens is 2. The molecule has 1 aliphatic heterocycles. The fourth-order valence-electron chi connectivity index (χ4n) is 1.71. The van der Waals surface area contributed by atoms with Crippen LogP contribution in [-0.4, -0.2) is 25.1 Å². The minimum atomic E-state index is 0.609. The molecule has 2 rings (SSSR count). The first-order valence-corrected chi connectivity index (χ1v) is 5.38. The third kappa shape index (κ3) is 1.83. The van der Waals surface area contributed by atoms with E-state index in [1.165, 1.54) is 6.42 Å². The Labute approximate surface area is 94.0 Å². The van der Waals surface area contributed by atoms with Gasteiger partial charge in [0.2, 0.25) is 0 Å². The molecule has 0 unspecified atom stereocenters. The van der Waals surface area contributed by atoms with Crippen molar-refractivity contribution in [3.63, 3.8) is 0 Å². The van der Waals surface area contributed by atoms with Crippen LogP contribution < -0.4 is 5.01 Å². The van der Waals surface area contributed by atoms with Crippen LogP contribution in [0.25, 0.3) is 0 Å². The lowest BCUT2D eigenvalue weighted by atomic mass is 10.3. The minimum Gasteiger partial charge on any atom is -0.306 e. The Kier molecular flexibility index (Phi) is 2.86. The van der Waals surface area contributed by atoms with E-state index in [-0.39, 0.29) is 0 Å². The van der Waals surface area contributed by atoms with E-state index in [1.807, 2.05) is 18.2 Å². The molecular weight excluding hydrogens is 219 g/mol. The first-order chi connectivity index (χ1) is 6.68. The van der Waals surface area contributed by atoms with E-state index in [0.717, 1.165) is 18.8 Å². The SMILES string of the molecule is CN1CCCN1c1ccc(Cl)c(Cl)c1. The van der Waals surface area contributed by atoms with Gasteiger partial charge in [0.25, 0.3) is 0 Å². The van der Waals surface area contributed by atoms with E-state index in [2.05, 4.69) is 17.1 Å². The quantitative estimate of drug-likeness (QED) is 0.732. The van der Waals surface area contributed by atoms with Crippen LogP contribution in [0, 0.1) is 0 Å². The van der Waals surface area contributed by atoms with Gasteiger partial charge >= 0.3 is 0 Å². The minimum absolute atomic E-state index is 0.609. The van der Waals surface area contributed by atoms with Gasteiger partial charge in [-0.1, -0.05) is 23.2 Å². The average Bonchev–Trinajstić information content (AvgIpc) is 2.57. The number of hydrazine groups is 1. The van der Waals surface area contributed by atoms with E-state index in [4.69, 9.17) is 23.2 Å². The normalized spacial score (nSPS) is 17.8. The highest BCUT2D eigenvalue weighted by Gasteiger charge is 2.18. The molecule has 0 aliphatic carbocycles. The second-order valence-corrected chi connectivity index (χ2v) is 4.27. The zero-order chi connectivity index (χ0) is 10.1. The molecule has 2 nitrogen and oxygen atoms in total. The Bertz CT molecular complexity index is 341. The van der Waals surface area contributed by atoms with E-state index in [9.17, 15) is 0 Å². The first kappa shape index (κ1) is 10.1. The summed E-state index contributed by atoms with van der Waals surface area (Å²) in [6.07, 6.45) is 1.19. The highest BCUT2D eigenvalue weighted by molar-refractivity contribution is 6.42. The van der Waals surface area contributed by atoms with E-state index < -0.39 is 0 Å². The first-order valence-electron chi connectivity index (χ1n) is 4.62. The van der Waals surface area contributed by atoms with Crippen LogP contribution >= 0.6 is 23.2 Å². The number of anilines is 1. The lowest BCUT2D eigenvalue weighted by molar-refractivity contribution is 0.383. The summed E-state index contributed by atoms with van der Waals surface area (Å²) in [7, 11) is 2.08. The van der Waals surface area contributed by atoms with Crippen LogP contribution in [0.4, 0.5) is 5.69 Å². The van der Waals surface area contributed by atoms with Gasteiger partial charge in [-0.25, -0.2) is 5.01 Å². The van der Waals surface area contributed by atoms with Crippen molar-refractivity contribution in [2.24, 2.45) is 0 Å². The fourth-order valence-corrected chi connectivity index (χ4v) is 2.00. The molecule has 0 atom stereocenters. The van der Waals surface area contributed by atoms with Crippen LogP contribution in [-0.2, 0) is 0 Å². The van der Waals surface area contributed by atoms with Crippen molar-refractivity contribution in [1.29, 1.82) is 0 Å². The lowest BCUT2D eigenvalue weighted by Gasteiger charge is -2.26. The molecule has 0 saturated carbocycles. The molecule has 0 radical (unpaired) electrons. The van der Waals surface area contributed by atoms with Gasteiger partial charge in [0.1, 0.15) is 0 Å². The summed E-state index contributed by atoms with van der Waals surface area (Å²) in [5.41, 5.74) is 1.11. The molecule has 0 bridgehead atoms. The van der Waals surface area contributed by atoms with Gasteiger partial charge in [0.15, 0.2) is 0 Å². The van der Waals surface area contributed by atoms with Crippen molar-refractivity contribution >= 4 is 28.9 Å². The largest absolute Gasteiger partial charge is 0.306 e. The molecule has 76 valence electrons. The molecule has 0 amide bonds. The van der Waals surface area contributed by atoms with E-state index >= 15 is 0 Å². The third-order valence-corrected chi connectivity index (χ3v) is 3.20. The molecule has 1 aromatic carbocycles. The van der Waals surface area contributed by atoms with Crippen LogP contribution in [0.3, 0.4) is 0 Å². The highest BCUT2D eigenvalue weighted by atomic mass is 35.5. The monoisotopic (exact) mass is 230 g/mol. The molecule has 1 aromatic rings. The molecule has 1 saturated heterocycles. The second-order valence-electron chi connectivity index (χ2n) is 3.46. The van der Waals surface area contributed by atoms with Crippen molar-refractivity contribution in [1.82, 2.24) is 5.01 Å². The molecule has 1 aliphatic rings. The van der Waals surface area contributed by atoms with Gasteiger partial charge in [-0.15, -0.1) is 0 Å². The topological polar surface area (TPSA) is 6.48 Å². The van der Waals surface area contributed by atoms with Gasteiger partial charge in [-0.2, -0.15) is 0 Å². The summed E-state index contributed by atoms with van der Waals surface area (Å²) in [5.74, 6) is 0. The summed E-state index contributed by atoms with van der Waals surface area (Å²) in [6, 6.07) is 5.74. The third-order valence-electron chi connectivity index (χ3n) is 2.46. The van der Waals surface area contributed by atoms with Gasteiger partial charge in [-0.05, 0) is 24.6 Å². The van der Waals surface area contributed by atoms with Crippen molar-refractivity contribution in [3.05, 3.63) is 28.2 Å². The molecule has 4 heteroatoms. The predicted molar refractivity (Wildman–Crippen MR) is 61.1 cm³/mol. The number of benzene rings is 1. The molecule has 14 heavy (non-hydrogen) atoms. The molecular formula is C10H12Cl2N2. The molecule has 0 N–H and O–H groups in total.